The lowest BCUT2D eigenvalue weighted by Gasteiger charge is -2.13. The van der Waals surface area contributed by atoms with E-state index in [2.05, 4.69) is 6.92 Å². The van der Waals surface area contributed by atoms with E-state index in [4.69, 9.17) is 4.18 Å². The molecule has 0 aliphatic carbocycles. The van der Waals surface area contributed by atoms with Gasteiger partial charge in [-0.05, 0) is 32.4 Å². The van der Waals surface area contributed by atoms with Gasteiger partial charge in [-0.25, -0.2) is 0 Å². The summed E-state index contributed by atoms with van der Waals surface area (Å²) in [5, 5.41) is 0. The van der Waals surface area contributed by atoms with Gasteiger partial charge in [-0.3, -0.25) is 4.18 Å². The molecule has 0 amide bonds. The summed E-state index contributed by atoms with van der Waals surface area (Å²) in [7, 11) is -3.63. The third-order valence-corrected chi connectivity index (χ3v) is 5.50. The number of rotatable bonds is 12. The zero-order valence-electron chi connectivity index (χ0n) is 14.9. The van der Waals surface area contributed by atoms with Crippen molar-refractivity contribution >= 4 is 10.1 Å². The molecule has 0 aliphatic heterocycles. The van der Waals surface area contributed by atoms with Crippen molar-refractivity contribution in [2.24, 2.45) is 0 Å². The van der Waals surface area contributed by atoms with Crippen LogP contribution in [0.15, 0.2) is 29.2 Å². The van der Waals surface area contributed by atoms with Crippen LogP contribution in [0.1, 0.15) is 77.2 Å². The van der Waals surface area contributed by atoms with Crippen LogP contribution in [0, 0.1) is 6.92 Å². The molecule has 1 rings (SSSR count). The average molecular weight is 341 g/mol. The molecule has 132 valence electrons. The highest BCUT2D eigenvalue weighted by atomic mass is 32.2. The molecule has 0 fully saturated rings. The van der Waals surface area contributed by atoms with E-state index in [-0.39, 0.29) is 11.0 Å². The van der Waals surface area contributed by atoms with Crippen LogP contribution >= 0.6 is 0 Å². The first-order chi connectivity index (χ1) is 11.0. The van der Waals surface area contributed by atoms with Crippen molar-refractivity contribution in [3.8, 4) is 0 Å². The summed E-state index contributed by atoms with van der Waals surface area (Å²) in [6, 6.07) is 6.79. The Hall–Kier alpha value is -0.870. The zero-order valence-corrected chi connectivity index (χ0v) is 15.7. The fourth-order valence-corrected chi connectivity index (χ4v) is 3.70. The first-order valence-electron chi connectivity index (χ1n) is 8.95. The summed E-state index contributed by atoms with van der Waals surface area (Å²) in [5.74, 6) is 0. The molecule has 1 atom stereocenters. The second kappa shape index (κ2) is 10.8. The van der Waals surface area contributed by atoms with Crippen molar-refractivity contribution < 1.29 is 12.6 Å². The molecule has 0 aromatic heterocycles. The predicted octanol–water partition coefficient (Wildman–Crippen LogP) is 5.62. The Morgan fingerprint density at radius 3 is 2.00 bits per heavy atom. The number of hydrogen-bond donors (Lipinski definition) is 0. The van der Waals surface area contributed by atoms with Gasteiger partial charge in [0.15, 0.2) is 0 Å². The minimum Gasteiger partial charge on any atom is -0.263 e. The van der Waals surface area contributed by atoms with Crippen molar-refractivity contribution in [1.29, 1.82) is 0 Å². The van der Waals surface area contributed by atoms with Gasteiger partial charge in [0.05, 0.1) is 11.0 Å². The minimum absolute atomic E-state index is 0.242. The topological polar surface area (TPSA) is 43.4 Å². The lowest BCUT2D eigenvalue weighted by Crippen LogP contribution is -2.15. The second-order valence-electron chi connectivity index (χ2n) is 6.44. The van der Waals surface area contributed by atoms with Gasteiger partial charge in [-0.15, -0.1) is 0 Å². The van der Waals surface area contributed by atoms with Crippen LogP contribution in [0.3, 0.4) is 0 Å². The van der Waals surface area contributed by atoms with Crippen LogP contribution in [0.25, 0.3) is 0 Å². The first kappa shape index (κ1) is 20.2. The lowest BCUT2D eigenvalue weighted by molar-refractivity contribution is 0.213. The molecule has 0 heterocycles. The normalized spacial score (nSPS) is 13.2. The number of benzene rings is 1. The Morgan fingerprint density at radius 1 is 0.913 bits per heavy atom. The Bertz CT molecular complexity index is 520. The molecule has 0 saturated heterocycles. The van der Waals surface area contributed by atoms with Crippen LogP contribution in [-0.2, 0) is 14.3 Å². The molecule has 3 nitrogen and oxygen atoms in total. The summed E-state index contributed by atoms with van der Waals surface area (Å²) < 4.78 is 29.6. The van der Waals surface area contributed by atoms with E-state index in [0.29, 0.717) is 0 Å². The SMILES string of the molecule is CCCCCCCCCCC(C)OS(=O)(=O)c1ccc(C)cc1. The van der Waals surface area contributed by atoms with E-state index in [9.17, 15) is 8.42 Å². The fourth-order valence-electron chi connectivity index (χ4n) is 2.59. The maximum atomic E-state index is 12.2. The maximum absolute atomic E-state index is 12.2. The van der Waals surface area contributed by atoms with Gasteiger partial charge in [0.2, 0.25) is 0 Å². The van der Waals surface area contributed by atoms with Crippen LogP contribution in [0.4, 0.5) is 0 Å². The minimum atomic E-state index is -3.63. The smallest absolute Gasteiger partial charge is 0.263 e. The monoisotopic (exact) mass is 340 g/mol. The molecule has 0 radical (unpaired) electrons. The van der Waals surface area contributed by atoms with E-state index in [1.165, 1.54) is 38.5 Å². The standard InChI is InChI=1S/C19H32O3S/c1-4-5-6-7-8-9-10-11-12-18(3)22-23(20,21)19-15-13-17(2)14-16-19/h13-16,18H,4-12H2,1-3H3. The highest BCUT2D eigenvalue weighted by Crippen LogP contribution is 2.18. The van der Waals surface area contributed by atoms with Crippen molar-refractivity contribution in [2.45, 2.75) is 89.6 Å². The van der Waals surface area contributed by atoms with Gasteiger partial charge < -0.3 is 0 Å². The molecule has 0 bridgehead atoms. The van der Waals surface area contributed by atoms with E-state index in [1.54, 1.807) is 24.3 Å². The van der Waals surface area contributed by atoms with Crippen LogP contribution < -0.4 is 0 Å². The summed E-state index contributed by atoms with van der Waals surface area (Å²) in [5.41, 5.74) is 1.04. The lowest BCUT2D eigenvalue weighted by atomic mass is 10.1. The molecule has 1 aromatic carbocycles. The Morgan fingerprint density at radius 2 is 1.43 bits per heavy atom. The van der Waals surface area contributed by atoms with Gasteiger partial charge in [-0.2, -0.15) is 8.42 Å². The summed E-state index contributed by atoms with van der Waals surface area (Å²) in [4.78, 5) is 0.242. The molecular weight excluding hydrogens is 308 g/mol. The number of aryl methyl sites for hydroxylation is 1. The van der Waals surface area contributed by atoms with E-state index in [0.717, 1.165) is 24.8 Å². The van der Waals surface area contributed by atoms with Gasteiger partial charge in [0, 0.05) is 0 Å². The Labute approximate surface area is 142 Å². The van der Waals surface area contributed by atoms with Crippen LogP contribution in [-0.4, -0.2) is 14.5 Å². The zero-order chi connectivity index (χ0) is 17.1. The molecular formula is C19H32O3S. The summed E-state index contributed by atoms with van der Waals surface area (Å²) in [6.45, 7) is 6.00. The predicted molar refractivity (Wildman–Crippen MR) is 96.1 cm³/mol. The molecule has 1 unspecified atom stereocenters. The highest BCUT2D eigenvalue weighted by molar-refractivity contribution is 7.86. The molecule has 0 spiro atoms. The third kappa shape index (κ3) is 8.52. The molecule has 23 heavy (non-hydrogen) atoms. The Kier molecular flexibility index (Phi) is 9.49. The van der Waals surface area contributed by atoms with E-state index >= 15 is 0 Å². The number of hydrogen-bond acceptors (Lipinski definition) is 3. The summed E-state index contributed by atoms with van der Waals surface area (Å²) >= 11 is 0. The largest absolute Gasteiger partial charge is 0.297 e. The Balaban J connectivity index is 2.22. The fraction of sp³-hybridized carbons (Fsp3) is 0.684. The van der Waals surface area contributed by atoms with Crippen molar-refractivity contribution in [3.63, 3.8) is 0 Å². The maximum Gasteiger partial charge on any atom is 0.297 e. The molecule has 0 saturated carbocycles. The van der Waals surface area contributed by atoms with Gasteiger partial charge >= 0.3 is 0 Å². The van der Waals surface area contributed by atoms with Gasteiger partial charge in [0.1, 0.15) is 0 Å². The second-order valence-corrected chi connectivity index (χ2v) is 8.01. The van der Waals surface area contributed by atoms with Gasteiger partial charge in [0.25, 0.3) is 10.1 Å². The van der Waals surface area contributed by atoms with Crippen molar-refractivity contribution in [3.05, 3.63) is 29.8 Å². The van der Waals surface area contributed by atoms with Gasteiger partial charge in [-0.1, -0.05) is 76.0 Å². The van der Waals surface area contributed by atoms with E-state index in [1.807, 2.05) is 13.8 Å². The van der Waals surface area contributed by atoms with Crippen LogP contribution in [0.5, 0.6) is 0 Å². The van der Waals surface area contributed by atoms with E-state index < -0.39 is 10.1 Å². The average Bonchev–Trinajstić information content (AvgIpc) is 2.50. The molecule has 1 aromatic rings. The molecule has 0 aliphatic rings. The molecule has 4 heteroatoms. The van der Waals surface area contributed by atoms with Crippen LogP contribution in [0.2, 0.25) is 0 Å². The van der Waals surface area contributed by atoms with Crippen molar-refractivity contribution in [2.75, 3.05) is 0 Å². The first-order valence-corrected chi connectivity index (χ1v) is 10.4. The number of unbranched alkanes of at least 4 members (excludes halogenated alkanes) is 7. The quantitative estimate of drug-likeness (QED) is 0.366. The third-order valence-electron chi connectivity index (χ3n) is 4.06. The van der Waals surface area contributed by atoms with Crippen molar-refractivity contribution in [1.82, 2.24) is 0 Å². The molecule has 0 N–H and O–H groups in total. The summed E-state index contributed by atoms with van der Waals surface area (Å²) in [6.07, 6.45) is 10.5. The highest BCUT2D eigenvalue weighted by Gasteiger charge is 2.18.